The molecule has 0 spiro atoms. The molecule has 41 heavy (non-hydrogen) atoms. The van der Waals surface area contributed by atoms with Crippen molar-refractivity contribution in [1.29, 1.82) is 0 Å². The minimum atomic E-state index is -4.66. The Kier molecular flexibility index (Phi) is 9.75. The van der Waals surface area contributed by atoms with E-state index in [-0.39, 0.29) is 25.1 Å². The zero-order chi connectivity index (χ0) is 30.6. The van der Waals surface area contributed by atoms with Gasteiger partial charge in [-0.1, -0.05) is 56.0 Å². The van der Waals surface area contributed by atoms with E-state index in [4.69, 9.17) is 14.2 Å². The Morgan fingerprint density at radius 2 is 1.41 bits per heavy atom. The summed E-state index contributed by atoms with van der Waals surface area (Å²) >= 11 is 0. The minimum Gasteiger partial charge on any atom is -0.492 e. The van der Waals surface area contributed by atoms with Crippen molar-refractivity contribution in [2.75, 3.05) is 13.2 Å². The van der Waals surface area contributed by atoms with Gasteiger partial charge in [-0.3, -0.25) is 4.79 Å². The van der Waals surface area contributed by atoms with Gasteiger partial charge in [-0.25, -0.2) is 9.67 Å². The van der Waals surface area contributed by atoms with E-state index in [2.05, 4.69) is 29.7 Å². The molecule has 0 fully saturated rings. The molecule has 3 aromatic rings. The van der Waals surface area contributed by atoms with Crippen LogP contribution in [0.1, 0.15) is 40.4 Å². The number of carbonyl (C=O) groups is 1. The summed E-state index contributed by atoms with van der Waals surface area (Å²) in [6.45, 7) is 16.1. The van der Waals surface area contributed by atoms with Gasteiger partial charge in [0.1, 0.15) is 24.7 Å². The van der Waals surface area contributed by atoms with Crippen LogP contribution in [0.15, 0.2) is 48.5 Å². The number of rotatable bonds is 11. The van der Waals surface area contributed by atoms with Crippen LogP contribution in [-0.2, 0) is 27.2 Å². The maximum atomic E-state index is 13.4. The summed E-state index contributed by atoms with van der Waals surface area (Å²) in [5.41, 5.74) is 0.844. The molecule has 0 bridgehead atoms. The topological polar surface area (TPSA) is 75.5 Å². The molecule has 0 aliphatic rings. The molecule has 1 aromatic heterocycles. The van der Waals surface area contributed by atoms with Crippen LogP contribution in [-0.4, -0.2) is 47.6 Å². The van der Waals surface area contributed by atoms with E-state index in [1.54, 1.807) is 38.1 Å². The Morgan fingerprint density at radius 1 is 0.878 bits per heavy atom. The number of nitrogens with zero attached hydrogens (tertiary/aromatic N) is 3. The van der Waals surface area contributed by atoms with Crippen LogP contribution < -0.4 is 4.74 Å². The fourth-order valence-electron chi connectivity index (χ4n) is 3.59. The molecule has 0 amide bonds. The Bertz CT molecular complexity index is 1310. The fourth-order valence-corrected chi connectivity index (χ4v) is 4.35. The van der Waals surface area contributed by atoms with Crippen molar-refractivity contribution in [2.24, 2.45) is 5.41 Å². The molecule has 2 aromatic carbocycles. The zero-order valence-corrected chi connectivity index (χ0v) is 26.1. The summed E-state index contributed by atoms with van der Waals surface area (Å²) in [5.74, 6) is -0.842. The molecule has 0 unspecified atom stereocenters. The van der Waals surface area contributed by atoms with E-state index in [1.165, 1.54) is 0 Å². The van der Waals surface area contributed by atoms with Gasteiger partial charge in [-0.05, 0) is 63.9 Å². The molecule has 0 saturated carbocycles. The van der Waals surface area contributed by atoms with Gasteiger partial charge < -0.3 is 14.2 Å². The second-order valence-electron chi connectivity index (χ2n) is 12.9. The maximum Gasteiger partial charge on any atom is 0.453 e. The number of aromatic nitrogens is 3. The van der Waals surface area contributed by atoms with Crippen molar-refractivity contribution in [3.8, 4) is 28.3 Å². The lowest BCUT2D eigenvalue weighted by Crippen LogP contribution is -2.37. The molecule has 0 N–H and O–H groups in total. The normalized spacial score (nSPS) is 12.9. The molecule has 0 aliphatic carbocycles. The lowest BCUT2D eigenvalue weighted by molar-refractivity contribution is -0.167. The van der Waals surface area contributed by atoms with Gasteiger partial charge in [-0.15, -0.1) is 5.10 Å². The van der Waals surface area contributed by atoms with E-state index in [1.807, 2.05) is 45.0 Å². The summed E-state index contributed by atoms with van der Waals surface area (Å²) < 4.78 is 58.3. The monoisotopic (exact) mass is 591 g/mol. The van der Waals surface area contributed by atoms with Crippen LogP contribution in [0.4, 0.5) is 13.2 Å². The third-order valence-corrected chi connectivity index (χ3v) is 7.72. The molecule has 7 nitrogen and oxygen atoms in total. The third kappa shape index (κ3) is 9.70. The van der Waals surface area contributed by atoms with E-state index in [9.17, 15) is 18.0 Å². The van der Waals surface area contributed by atoms with Crippen LogP contribution >= 0.6 is 0 Å². The van der Waals surface area contributed by atoms with E-state index >= 15 is 0 Å². The third-order valence-electron chi connectivity index (χ3n) is 6.02. The average molecular weight is 592 g/mol. The first kappa shape index (κ1) is 32.3. The number of halogens is 3. The number of benzene rings is 2. The zero-order valence-electron chi connectivity index (χ0n) is 25.1. The molecule has 3 rings (SSSR count). The standard InChI is InChI=1S/C30H40F3N3O4Si/c1-28(2,3)40-27(37)29(4,5)19-39-24-15-13-22(14-16-24)21-9-11-23(12-10-21)25-34-26(30(31,32)33)35-36(25)20-38-17-18-41(6,7)8/h9-16H,17-20H2,1-8H3. The second-order valence-corrected chi connectivity index (χ2v) is 18.5. The molecule has 224 valence electrons. The molecule has 1 heterocycles. The number of esters is 1. The number of ether oxygens (including phenoxy) is 3. The van der Waals surface area contributed by atoms with Gasteiger partial charge in [0.2, 0.25) is 0 Å². The summed E-state index contributed by atoms with van der Waals surface area (Å²) in [7, 11) is -1.34. The average Bonchev–Trinajstić information content (AvgIpc) is 3.29. The molecule has 0 saturated heterocycles. The minimum absolute atomic E-state index is 0.0910. The van der Waals surface area contributed by atoms with Gasteiger partial charge in [0.15, 0.2) is 5.82 Å². The van der Waals surface area contributed by atoms with Gasteiger partial charge >= 0.3 is 12.1 Å². The first-order valence-electron chi connectivity index (χ1n) is 13.5. The highest BCUT2D eigenvalue weighted by molar-refractivity contribution is 6.76. The van der Waals surface area contributed by atoms with E-state index in [0.717, 1.165) is 21.9 Å². The first-order valence-corrected chi connectivity index (χ1v) is 17.2. The quantitative estimate of drug-likeness (QED) is 0.129. The lowest BCUT2D eigenvalue weighted by Gasteiger charge is -2.28. The molecule has 0 atom stereocenters. The van der Waals surface area contributed by atoms with Crippen LogP contribution in [0.25, 0.3) is 22.5 Å². The fraction of sp³-hybridized carbons (Fsp3) is 0.500. The SMILES string of the molecule is CC(C)(C)OC(=O)C(C)(C)COc1ccc(-c2ccc(-c3nc(C(F)(F)F)nn3COCC[Si](C)(C)C)cc2)cc1. The van der Waals surface area contributed by atoms with Crippen molar-refractivity contribution in [2.45, 2.75) is 78.8 Å². The van der Waals surface area contributed by atoms with Crippen molar-refractivity contribution in [3.05, 3.63) is 54.4 Å². The number of hydrogen-bond donors (Lipinski definition) is 0. The second kappa shape index (κ2) is 12.4. The Morgan fingerprint density at radius 3 is 1.93 bits per heavy atom. The first-order chi connectivity index (χ1) is 18.8. The summed E-state index contributed by atoms with van der Waals surface area (Å²) in [4.78, 5) is 16.2. The lowest BCUT2D eigenvalue weighted by atomic mass is 9.94. The van der Waals surface area contributed by atoms with Gasteiger partial charge in [0.05, 0.1) is 5.41 Å². The van der Waals surface area contributed by atoms with Gasteiger partial charge in [0, 0.05) is 20.2 Å². The summed E-state index contributed by atoms with van der Waals surface area (Å²) in [5, 5.41) is 3.67. The predicted octanol–water partition coefficient (Wildman–Crippen LogP) is 7.69. The molecule has 11 heteroatoms. The predicted molar refractivity (Wildman–Crippen MR) is 155 cm³/mol. The van der Waals surface area contributed by atoms with Crippen LogP contribution in [0.3, 0.4) is 0 Å². The molecular weight excluding hydrogens is 551 g/mol. The van der Waals surface area contributed by atoms with Crippen LogP contribution in [0.2, 0.25) is 25.7 Å². The van der Waals surface area contributed by atoms with Crippen molar-refractivity contribution in [1.82, 2.24) is 14.8 Å². The highest BCUT2D eigenvalue weighted by Gasteiger charge is 2.37. The van der Waals surface area contributed by atoms with Gasteiger partial charge in [-0.2, -0.15) is 13.2 Å². The van der Waals surface area contributed by atoms with Crippen LogP contribution in [0, 0.1) is 5.41 Å². The van der Waals surface area contributed by atoms with Crippen molar-refractivity contribution < 1.29 is 32.2 Å². The summed E-state index contributed by atoms with van der Waals surface area (Å²) in [6.07, 6.45) is -4.66. The molecule has 0 aliphatic heterocycles. The number of carbonyl (C=O) groups excluding carboxylic acids is 1. The Labute approximate surface area is 241 Å². The van der Waals surface area contributed by atoms with E-state index < -0.39 is 31.1 Å². The number of alkyl halides is 3. The smallest absolute Gasteiger partial charge is 0.453 e. The highest BCUT2D eigenvalue weighted by Crippen LogP contribution is 2.31. The maximum absolute atomic E-state index is 13.4. The highest BCUT2D eigenvalue weighted by atomic mass is 28.3. The Balaban J connectivity index is 1.70. The van der Waals surface area contributed by atoms with Crippen molar-refractivity contribution in [3.63, 3.8) is 0 Å². The van der Waals surface area contributed by atoms with Crippen molar-refractivity contribution >= 4 is 14.0 Å². The largest absolute Gasteiger partial charge is 0.492 e. The van der Waals surface area contributed by atoms with E-state index in [0.29, 0.717) is 17.9 Å². The summed E-state index contributed by atoms with van der Waals surface area (Å²) in [6, 6.07) is 15.3. The molecular formula is C30H40F3N3O4Si. The van der Waals surface area contributed by atoms with Gasteiger partial charge in [0.25, 0.3) is 5.82 Å². The molecule has 0 radical (unpaired) electrons. The Hall–Kier alpha value is -3.18. The number of hydrogen-bond acceptors (Lipinski definition) is 6. The van der Waals surface area contributed by atoms with Crippen LogP contribution in [0.5, 0.6) is 5.75 Å².